The monoisotopic (exact) mass is 344 g/mol. The average molecular weight is 344 g/mol. The Morgan fingerprint density at radius 1 is 1.08 bits per heavy atom. The Labute approximate surface area is 149 Å². The van der Waals surface area contributed by atoms with Crippen molar-refractivity contribution in [1.82, 2.24) is 20.4 Å². The van der Waals surface area contributed by atoms with Crippen molar-refractivity contribution in [2.75, 3.05) is 0 Å². The van der Waals surface area contributed by atoms with Gasteiger partial charge in [-0.05, 0) is 42.0 Å². The second-order valence-corrected chi connectivity index (χ2v) is 5.87. The van der Waals surface area contributed by atoms with Gasteiger partial charge in [0.05, 0.1) is 12.1 Å². The Hall–Kier alpha value is -3.54. The second kappa shape index (κ2) is 7.14. The lowest BCUT2D eigenvalue weighted by Gasteiger charge is -2.06. The molecule has 0 aliphatic rings. The van der Waals surface area contributed by atoms with E-state index >= 15 is 0 Å². The summed E-state index contributed by atoms with van der Waals surface area (Å²) < 4.78 is 5.23. The zero-order valence-electron chi connectivity index (χ0n) is 13.9. The molecule has 128 valence electrons. The number of carbonyl (C=O) groups is 1. The summed E-state index contributed by atoms with van der Waals surface area (Å²) in [5.41, 5.74) is 4.06. The van der Waals surface area contributed by atoms with Gasteiger partial charge in [0, 0.05) is 36.1 Å². The molecule has 1 amide bonds. The number of para-hydroxylation sites is 1. The molecule has 0 saturated heterocycles. The van der Waals surface area contributed by atoms with E-state index in [0.717, 1.165) is 22.2 Å². The fourth-order valence-electron chi connectivity index (χ4n) is 2.74. The summed E-state index contributed by atoms with van der Waals surface area (Å²) in [6, 6.07) is 15.2. The number of rotatable bonds is 5. The molecule has 6 nitrogen and oxygen atoms in total. The van der Waals surface area contributed by atoms with Gasteiger partial charge in [0.15, 0.2) is 5.58 Å². The lowest BCUT2D eigenvalue weighted by atomic mass is 10.1. The van der Waals surface area contributed by atoms with E-state index in [1.54, 1.807) is 18.6 Å². The van der Waals surface area contributed by atoms with Crippen LogP contribution in [0.3, 0.4) is 0 Å². The first-order valence-electron chi connectivity index (χ1n) is 8.25. The van der Waals surface area contributed by atoms with Crippen LogP contribution in [0, 0.1) is 0 Å². The molecule has 1 N–H and O–H groups in total. The number of fused-ring (bicyclic) bond motifs is 1. The van der Waals surface area contributed by atoms with E-state index in [0.29, 0.717) is 17.8 Å². The SMILES string of the molecule is O=C(Cc1noc2ccccc12)NCc1ccnc(-c2cccnc2)c1. The predicted molar refractivity (Wildman–Crippen MR) is 97.0 cm³/mol. The van der Waals surface area contributed by atoms with Gasteiger partial charge >= 0.3 is 0 Å². The highest BCUT2D eigenvalue weighted by Gasteiger charge is 2.12. The van der Waals surface area contributed by atoms with Gasteiger partial charge in [-0.15, -0.1) is 0 Å². The van der Waals surface area contributed by atoms with Crippen molar-refractivity contribution in [3.8, 4) is 11.3 Å². The topological polar surface area (TPSA) is 80.9 Å². The molecule has 0 fully saturated rings. The lowest BCUT2D eigenvalue weighted by Crippen LogP contribution is -2.24. The van der Waals surface area contributed by atoms with E-state index in [9.17, 15) is 4.79 Å². The van der Waals surface area contributed by atoms with Crippen LogP contribution in [0.25, 0.3) is 22.2 Å². The smallest absolute Gasteiger partial charge is 0.226 e. The number of hydrogen-bond donors (Lipinski definition) is 1. The normalized spacial score (nSPS) is 10.8. The first-order valence-corrected chi connectivity index (χ1v) is 8.25. The first-order chi connectivity index (χ1) is 12.8. The average Bonchev–Trinajstić information content (AvgIpc) is 3.10. The molecule has 0 aliphatic carbocycles. The number of carbonyl (C=O) groups excluding carboxylic acids is 1. The maximum atomic E-state index is 12.3. The van der Waals surface area contributed by atoms with Gasteiger partial charge in [-0.2, -0.15) is 0 Å². The standard InChI is InChI=1S/C20H16N4O2/c25-20(11-18-16-5-1-2-6-19(16)26-24-18)23-12-14-7-9-22-17(10-14)15-4-3-8-21-13-15/h1-10,13H,11-12H2,(H,23,25). The number of nitrogens with one attached hydrogen (secondary N) is 1. The van der Waals surface area contributed by atoms with Crippen molar-refractivity contribution < 1.29 is 9.32 Å². The lowest BCUT2D eigenvalue weighted by molar-refractivity contribution is -0.120. The minimum Gasteiger partial charge on any atom is -0.356 e. The molecule has 0 saturated carbocycles. The van der Waals surface area contributed by atoms with Gasteiger partial charge in [0.25, 0.3) is 0 Å². The molecular formula is C20H16N4O2. The molecule has 3 aromatic heterocycles. The summed E-state index contributed by atoms with van der Waals surface area (Å²) >= 11 is 0. The van der Waals surface area contributed by atoms with Crippen LogP contribution in [0.15, 0.2) is 71.6 Å². The Balaban J connectivity index is 1.42. The van der Waals surface area contributed by atoms with Crippen LogP contribution in [0.1, 0.15) is 11.3 Å². The fraction of sp³-hybridized carbons (Fsp3) is 0.100. The summed E-state index contributed by atoms with van der Waals surface area (Å²) in [5.74, 6) is -0.108. The van der Waals surface area contributed by atoms with Gasteiger partial charge in [-0.25, -0.2) is 0 Å². The number of hydrogen-bond acceptors (Lipinski definition) is 5. The van der Waals surface area contributed by atoms with E-state index in [-0.39, 0.29) is 12.3 Å². The van der Waals surface area contributed by atoms with E-state index in [4.69, 9.17) is 4.52 Å². The third kappa shape index (κ3) is 3.44. The van der Waals surface area contributed by atoms with Crippen molar-refractivity contribution in [2.24, 2.45) is 0 Å². The molecule has 0 unspecified atom stereocenters. The number of pyridine rings is 2. The molecule has 0 radical (unpaired) electrons. The Kier molecular flexibility index (Phi) is 4.38. The summed E-state index contributed by atoms with van der Waals surface area (Å²) in [4.78, 5) is 20.7. The molecule has 0 spiro atoms. The van der Waals surface area contributed by atoms with Crippen molar-refractivity contribution in [3.63, 3.8) is 0 Å². The maximum absolute atomic E-state index is 12.3. The second-order valence-electron chi connectivity index (χ2n) is 5.87. The minimum absolute atomic E-state index is 0.108. The fourth-order valence-corrected chi connectivity index (χ4v) is 2.74. The number of nitrogens with zero attached hydrogens (tertiary/aromatic N) is 3. The number of aromatic nitrogens is 3. The summed E-state index contributed by atoms with van der Waals surface area (Å²) in [7, 11) is 0. The van der Waals surface area contributed by atoms with Crippen LogP contribution in [0.5, 0.6) is 0 Å². The van der Waals surface area contributed by atoms with Crippen LogP contribution in [-0.2, 0) is 17.8 Å². The van der Waals surface area contributed by atoms with Crippen molar-refractivity contribution in [1.29, 1.82) is 0 Å². The van der Waals surface area contributed by atoms with E-state index < -0.39 is 0 Å². The molecule has 0 atom stereocenters. The molecule has 4 aromatic rings. The van der Waals surface area contributed by atoms with E-state index in [2.05, 4.69) is 20.4 Å². The summed E-state index contributed by atoms with van der Waals surface area (Å²) in [6.45, 7) is 0.421. The Bertz CT molecular complexity index is 1040. The largest absolute Gasteiger partial charge is 0.356 e. The molecule has 26 heavy (non-hydrogen) atoms. The van der Waals surface area contributed by atoms with Gasteiger partial charge in [0.1, 0.15) is 5.69 Å². The van der Waals surface area contributed by atoms with E-state index in [1.807, 2.05) is 48.5 Å². The van der Waals surface area contributed by atoms with E-state index in [1.165, 1.54) is 0 Å². The van der Waals surface area contributed by atoms with Crippen molar-refractivity contribution in [2.45, 2.75) is 13.0 Å². The summed E-state index contributed by atoms with van der Waals surface area (Å²) in [5, 5.41) is 7.77. The van der Waals surface area contributed by atoms with Gasteiger partial charge in [0.2, 0.25) is 5.91 Å². The molecule has 6 heteroatoms. The quantitative estimate of drug-likeness (QED) is 0.601. The molecular weight excluding hydrogens is 328 g/mol. The highest BCUT2D eigenvalue weighted by molar-refractivity contribution is 5.86. The van der Waals surface area contributed by atoms with Crippen molar-refractivity contribution in [3.05, 3.63) is 78.4 Å². The van der Waals surface area contributed by atoms with Crippen LogP contribution < -0.4 is 5.32 Å². The third-order valence-electron chi connectivity index (χ3n) is 4.05. The van der Waals surface area contributed by atoms with Crippen LogP contribution >= 0.6 is 0 Å². The van der Waals surface area contributed by atoms with Gasteiger partial charge in [-0.1, -0.05) is 17.3 Å². The third-order valence-corrected chi connectivity index (χ3v) is 4.05. The Morgan fingerprint density at radius 2 is 2.00 bits per heavy atom. The molecule has 1 aromatic carbocycles. The highest BCUT2D eigenvalue weighted by Crippen LogP contribution is 2.18. The van der Waals surface area contributed by atoms with Crippen LogP contribution in [-0.4, -0.2) is 21.0 Å². The zero-order chi connectivity index (χ0) is 17.8. The molecule has 4 rings (SSSR count). The first kappa shape index (κ1) is 16.0. The minimum atomic E-state index is -0.108. The maximum Gasteiger partial charge on any atom is 0.226 e. The number of amides is 1. The number of benzene rings is 1. The molecule has 3 heterocycles. The predicted octanol–water partition coefficient (Wildman–Crippen LogP) is 3.14. The van der Waals surface area contributed by atoms with Crippen molar-refractivity contribution >= 4 is 16.9 Å². The van der Waals surface area contributed by atoms with Gasteiger partial charge in [-0.3, -0.25) is 14.8 Å². The Morgan fingerprint density at radius 3 is 2.88 bits per heavy atom. The van der Waals surface area contributed by atoms with Crippen LogP contribution in [0.4, 0.5) is 0 Å². The highest BCUT2D eigenvalue weighted by atomic mass is 16.5. The molecule has 0 bridgehead atoms. The summed E-state index contributed by atoms with van der Waals surface area (Å²) in [6.07, 6.45) is 5.40. The van der Waals surface area contributed by atoms with Gasteiger partial charge < -0.3 is 9.84 Å². The molecule has 0 aliphatic heterocycles. The zero-order valence-corrected chi connectivity index (χ0v) is 13.9. The van der Waals surface area contributed by atoms with Crippen LogP contribution in [0.2, 0.25) is 0 Å².